The molecule has 2 N–H and O–H groups in total. The molecule has 20 heavy (non-hydrogen) atoms. The van der Waals surface area contributed by atoms with Gasteiger partial charge in [0.05, 0.1) is 29.5 Å². The molecule has 5 heteroatoms. The van der Waals surface area contributed by atoms with E-state index in [1.165, 1.54) is 0 Å². The van der Waals surface area contributed by atoms with Crippen LogP contribution in [0.4, 0.5) is 0 Å². The second kappa shape index (κ2) is 6.90. The summed E-state index contributed by atoms with van der Waals surface area (Å²) in [6.07, 6.45) is 3.56. The van der Waals surface area contributed by atoms with E-state index in [4.69, 9.17) is 10.5 Å². The number of ether oxygens (including phenoxy) is 1. The van der Waals surface area contributed by atoms with Gasteiger partial charge in [-0.3, -0.25) is 4.68 Å². The standard InChI is InChI=1S/C15H20BrN3O/c1-3-8-19-15(12(16)10-18-19)13(17)9-11-6-4-5-7-14(11)20-2/h4-7,10,13H,3,8-9,17H2,1-2H3. The average molecular weight is 338 g/mol. The highest BCUT2D eigenvalue weighted by atomic mass is 79.9. The van der Waals surface area contributed by atoms with E-state index in [0.29, 0.717) is 0 Å². The Hall–Kier alpha value is -1.33. The quantitative estimate of drug-likeness (QED) is 0.879. The minimum absolute atomic E-state index is 0.116. The summed E-state index contributed by atoms with van der Waals surface area (Å²) in [5.41, 5.74) is 8.53. The number of hydrogen-bond acceptors (Lipinski definition) is 3. The molecule has 2 rings (SSSR count). The molecule has 0 fully saturated rings. The third-order valence-electron chi connectivity index (χ3n) is 3.25. The fourth-order valence-electron chi connectivity index (χ4n) is 2.34. The van der Waals surface area contributed by atoms with Crippen LogP contribution < -0.4 is 10.5 Å². The van der Waals surface area contributed by atoms with Crippen molar-refractivity contribution in [2.45, 2.75) is 32.4 Å². The Labute approximate surface area is 128 Å². The molecular weight excluding hydrogens is 318 g/mol. The Balaban J connectivity index is 2.23. The lowest BCUT2D eigenvalue weighted by molar-refractivity contribution is 0.407. The number of rotatable bonds is 6. The molecule has 1 aromatic carbocycles. The maximum atomic E-state index is 6.38. The van der Waals surface area contributed by atoms with Crippen LogP contribution in [0.5, 0.6) is 5.75 Å². The summed E-state index contributed by atoms with van der Waals surface area (Å²) in [5, 5.41) is 4.37. The maximum Gasteiger partial charge on any atom is 0.122 e. The maximum absolute atomic E-state index is 6.38. The van der Waals surface area contributed by atoms with Crippen LogP contribution in [-0.2, 0) is 13.0 Å². The molecule has 0 aliphatic carbocycles. The topological polar surface area (TPSA) is 53.1 Å². The van der Waals surface area contributed by atoms with E-state index >= 15 is 0 Å². The van der Waals surface area contributed by atoms with Gasteiger partial charge in [0.15, 0.2) is 0 Å². The molecule has 0 saturated carbocycles. The van der Waals surface area contributed by atoms with E-state index in [0.717, 1.165) is 40.9 Å². The van der Waals surface area contributed by atoms with Crippen LogP contribution in [0, 0.1) is 0 Å². The minimum Gasteiger partial charge on any atom is -0.496 e. The first kappa shape index (κ1) is 15.1. The molecule has 1 unspecified atom stereocenters. The molecule has 0 spiro atoms. The van der Waals surface area contributed by atoms with Gasteiger partial charge >= 0.3 is 0 Å². The number of nitrogens with zero attached hydrogens (tertiary/aromatic N) is 2. The SMILES string of the molecule is CCCn1ncc(Br)c1C(N)Cc1ccccc1OC. The van der Waals surface area contributed by atoms with Crippen molar-refractivity contribution in [2.24, 2.45) is 5.73 Å². The highest BCUT2D eigenvalue weighted by Gasteiger charge is 2.18. The van der Waals surface area contributed by atoms with Crippen LogP contribution in [-0.4, -0.2) is 16.9 Å². The van der Waals surface area contributed by atoms with Gasteiger partial charge in [0.1, 0.15) is 5.75 Å². The Morgan fingerprint density at radius 3 is 2.85 bits per heavy atom. The van der Waals surface area contributed by atoms with Crippen molar-refractivity contribution in [3.05, 3.63) is 46.2 Å². The van der Waals surface area contributed by atoms with Crippen molar-refractivity contribution in [1.29, 1.82) is 0 Å². The number of methoxy groups -OCH3 is 1. The number of aromatic nitrogens is 2. The number of hydrogen-bond donors (Lipinski definition) is 1. The summed E-state index contributed by atoms with van der Waals surface area (Å²) in [6.45, 7) is 3.01. The molecule has 0 aliphatic rings. The van der Waals surface area contributed by atoms with E-state index in [2.05, 4.69) is 28.0 Å². The Morgan fingerprint density at radius 2 is 2.15 bits per heavy atom. The zero-order chi connectivity index (χ0) is 14.5. The van der Waals surface area contributed by atoms with Gasteiger partial charge in [0.2, 0.25) is 0 Å². The van der Waals surface area contributed by atoms with Crippen molar-refractivity contribution in [3.8, 4) is 5.75 Å². The van der Waals surface area contributed by atoms with Crippen molar-refractivity contribution in [1.82, 2.24) is 9.78 Å². The van der Waals surface area contributed by atoms with Crippen LogP contribution >= 0.6 is 15.9 Å². The molecule has 0 bridgehead atoms. The molecule has 2 aromatic rings. The lowest BCUT2D eigenvalue weighted by Crippen LogP contribution is -2.19. The summed E-state index contributed by atoms with van der Waals surface area (Å²) < 4.78 is 8.32. The molecule has 1 aromatic heterocycles. The van der Waals surface area contributed by atoms with Gasteiger partial charge in [-0.1, -0.05) is 25.1 Å². The Morgan fingerprint density at radius 1 is 1.40 bits per heavy atom. The van der Waals surface area contributed by atoms with Gasteiger partial charge in [-0.2, -0.15) is 5.10 Å². The second-order valence-corrected chi connectivity index (χ2v) is 5.58. The number of nitrogens with two attached hydrogens (primary N) is 1. The molecule has 4 nitrogen and oxygen atoms in total. The summed E-state index contributed by atoms with van der Waals surface area (Å²) in [5.74, 6) is 0.876. The molecule has 1 heterocycles. The fraction of sp³-hybridized carbons (Fsp3) is 0.400. The summed E-state index contributed by atoms with van der Waals surface area (Å²) in [7, 11) is 1.68. The highest BCUT2D eigenvalue weighted by molar-refractivity contribution is 9.10. The third kappa shape index (κ3) is 3.22. The van der Waals surface area contributed by atoms with Crippen LogP contribution in [0.25, 0.3) is 0 Å². The average Bonchev–Trinajstić information content (AvgIpc) is 2.81. The monoisotopic (exact) mass is 337 g/mol. The van der Waals surface area contributed by atoms with Crippen molar-refractivity contribution in [3.63, 3.8) is 0 Å². The number of aryl methyl sites for hydroxylation is 1. The normalized spacial score (nSPS) is 12.4. The summed E-state index contributed by atoms with van der Waals surface area (Å²) in [6, 6.07) is 7.86. The number of benzene rings is 1. The predicted molar refractivity (Wildman–Crippen MR) is 83.8 cm³/mol. The van der Waals surface area contributed by atoms with Gasteiger partial charge in [0.25, 0.3) is 0 Å². The highest BCUT2D eigenvalue weighted by Crippen LogP contribution is 2.27. The lowest BCUT2D eigenvalue weighted by Gasteiger charge is -2.16. The zero-order valence-corrected chi connectivity index (χ0v) is 13.4. The minimum atomic E-state index is -0.116. The molecule has 0 radical (unpaired) electrons. The van der Waals surface area contributed by atoms with Crippen LogP contribution in [0.3, 0.4) is 0 Å². The van der Waals surface area contributed by atoms with Gasteiger partial charge in [-0.25, -0.2) is 0 Å². The number of halogens is 1. The van der Waals surface area contributed by atoms with E-state index in [1.54, 1.807) is 7.11 Å². The molecule has 1 atom stereocenters. The molecule has 0 saturated heterocycles. The molecule has 0 amide bonds. The van der Waals surface area contributed by atoms with Gasteiger partial charge in [-0.15, -0.1) is 0 Å². The van der Waals surface area contributed by atoms with Crippen molar-refractivity contribution < 1.29 is 4.74 Å². The Kier molecular flexibility index (Phi) is 5.20. The lowest BCUT2D eigenvalue weighted by atomic mass is 10.0. The predicted octanol–water partition coefficient (Wildman–Crippen LogP) is 3.31. The van der Waals surface area contributed by atoms with Crippen LogP contribution in [0.2, 0.25) is 0 Å². The Bertz CT molecular complexity index is 568. The second-order valence-electron chi connectivity index (χ2n) is 4.72. The first-order chi connectivity index (χ1) is 9.67. The molecule has 108 valence electrons. The van der Waals surface area contributed by atoms with E-state index < -0.39 is 0 Å². The first-order valence-corrected chi connectivity index (χ1v) is 7.55. The molecule has 0 aliphatic heterocycles. The smallest absolute Gasteiger partial charge is 0.122 e. The van der Waals surface area contributed by atoms with Crippen molar-refractivity contribution >= 4 is 15.9 Å². The summed E-state index contributed by atoms with van der Waals surface area (Å²) >= 11 is 3.54. The van der Waals surface area contributed by atoms with Crippen LogP contribution in [0.1, 0.15) is 30.6 Å². The summed E-state index contributed by atoms with van der Waals surface area (Å²) in [4.78, 5) is 0. The molecular formula is C15H20BrN3O. The largest absolute Gasteiger partial charge is 0.496 e. The van der Waals surface area contributed by atoms with Gasteiger partial charge in [0, 0.05) is 6.54 Å². The number of para-hydroxylation sites is 1. The van der Waals surface area contributed by atoms with E-state index in [1.807, 2.05) is 35.1 Å². The fourth-order valence-corrected chi connectivity index (χ4v) is 2.93. The third-order valence-corrected chi connectivity index (χ3v) is 3.86. The van der Waals surface area contributed by atoms with Crippen molar-refractivity contribution in [2.75, 3.05) is 7.11 Å². The van der Waals surface area contributed by atoms with Gasteiger partial charge < -0.3 is 10.5 Å². The first-order valence-electron chi connectivity index (χ1n) is 6.76. The zero-order valence-electron chi connectivity index (χ0n) is 11.8. The van der Waals surface area contributed by atoms with Crippen LogP contribution in [0.15, 0.2) is 34.9 Å². The van der Waals surface area contributed by atoms with E-state index in [9.17, 15) is 0 Å². The van der Waals surface area contributed by atoms with Gasteiger partial charge in [-0.05, 0) is 40.4 Å². The van der Waals surface area contributed by atoms with E-state index in [-0.39, 0.29) is 6.04 Å².